The van der Waals surface area contributed by atoms with Gasteiger partial charge in [-0.3, -0.25) is 10.1 Å². The van der Waals surface area contributed by atoms with Crippen LogP contribution in [0.2, 0.25) is 5.02 Å². The molecule has 0 bridgehead atoms. The third-order valence-corrected chi connectivity index (χ3v) is 3.41. The number of nitrogens with zero attached hydrogens (tertiary/aromatic N) is 2. The smallest absolute Gasteiger partial charge is 0.326 e. The molecule has 0 aliphatic heterocycles. The van der Waals surface area contributed by atoms with Crippen molar-refractivity contribution in [2.75, 3.05) is 29.6 Å². The van der Waals surface area contributed by atoms with Gasteiger partial charge in [0, 0.05) is 24.0 Å². The van der Waals surface area contributed by atoms with E-state index in [9.17, 15) is 14.0 Å². The number of aryl methyl sites for hydroxylation is 1. The zero-order chi connectivity index (χ0) is 19.1. The molecule has 1 heterocycles. The van der Waals surface area contributed by atoms with E-state index in [0.717, 1.165) is 6.07 Å². The molecule has 10 heteroatoms. The lowest BCUT2D eigenvalue weighted by Gasteiger charge is -2.10. The van der Waals surface area contributed by atoms with E-state index in [4.69, 9.17) is 11.6 Å². The number of amides is 2. The van der Waals surface area contributed by atoms with Crippen molar-refractivity contribution in [2.24, 2.45) is 0 Å². The van der Waals surface area contributed by atoms with E-state index in [2.05, 4.69) is 30.7 Å². The Bertz CT molecular complexity index is 818. The molecule has 8 nitrogen and oxygen atoms in total. The first-order valence-electron chi connectivity index (χ1n) is 7.57. The number of hydrogen-bond donors (Lipinski definition) is 3. The molecule has 2 amide bonds. The fourth-order valence-corrected chi connectivity index (χ4v) is 2.13. The van der Waals surface area contributed by atoms with Crippen LogP contribution in [0.15, 0.2) is 24.3 Å². The molecule has 0 radical (unpaired) electrons. The van der Waals surface area contributed by atoms with E-state index in [0.29, 0.717) is 23.7 Å². The summed E-state index contributed by atoms with van der Waals surface area (Å²) in [5.74, 6) is -0.418. The van der Waals surface area contributed by atoms with Gasteiger partial charge in [-0.05, 0) is 25.1 Å². The van der Waals surface area contributed by atoms with E-state index in [1.54, 1.807) is 13.0 Å². The maximum atomic E-state index is 13.1. The van der Waals surface area contributed by atoms with Crippen LogP contribution in [0, 0.1) is 12.7 Å². The number of methoxy groups -OCH3 is 1. The normalized spacial score (nSPS) is 10.2. The average Bonchev–Trinajstić information content (AvgIpc) is 2.57. The van der Waals surface area contributed by atoms with Crippen LogP contribution in [0.25, 0.3) is 0 Å². The van der Waals surface area contributed by atoms with Gasteiger partial charge in [0.25, 0.3) is 0 Å². The number of nitrogens with one attached hydrogen (secondary N) is 3. The van der Waals surface area contributed by atoms with Crippen molar-refractivity contribution in [1.29, 1.82) is 0 Å². The minimum atomic E-state index is -0.612. The molecule has 0 aliphatic rings. The van der Waals surface area contributed by atoms with Gasteiger partial charge < -0.3 is 15.4 Å². The molecule has 1 aromatic heterocycles. The summed E-state index contributed by atoms with van der Waals surface area (Å²) in [5, 5.41) is 7.82. The van der Waals surface area contributed by atoms with Gasteiger partial charge >= 0.3 is 12.0 Å². The van der Waals surface area contributed by atoms with Crippen LogP contribution in [-0.2, 0) is 9.53 Å². The van der Waals surface area contributed by atoms with Gasteiger partial charge in [0.1, 0.15) is 11.6 Å². The molecule has 3 N–H and O–H groups in total. The summed E-state index contributed by atoms with van der Waals surface area (Å²) in [5.41, 5.74) is 0.929. The maximum absolute atomic E-state index is 13.1. The van der Waals surface area contributed by atoms with E-state index in [-0.39, 0.29) is 23.4 Å². The number of benzene rings is 1. The number of halogens is 2. The lowest BCUT2D eigenvalue weighted by molar-refractivity contribution is -0.140. The van der Waals surface area contributed by atoms with Crippen molar-refractivity contribution in [2.45, 2.75) is 13.3 Å². The minimum absolute atomic E-state index is 0.0660. The molecule has 0 saturated heterocycles. The zero-order valence-corrected chi connectivity index (χ0v) is 14.9. The highest BCUT2D eigenvalue weighted by atomic mass is 35.5. The average molecular weight is 382 g/mol. The third-order valence-electron chi connectivity index (χ3n) is 3.12. The van der Waals surface area contributed by atoms with E-state index in [1.807, 2.05) is 0 Å². The molecule has 0 fully saturated rings. The molecular formula is C16H17ClFN5O3. The Balaban J connectivity index is 1.98. The first-order valence-corrected chi connectivity index (χ1v) is 7.94. The van der Waals surface area contributed by atoms with Crippen LogP contribution in [0.4, 0.5) is 26.6 Å². The molecule has 138 valence electrons. The summed E-state index contributed by atoms with van der Waals surface area (Å²) in [6, 6.07) is 4.86. The summed E-state index contributed by atoms with van der Waals surface area (Å²) in [6.07, 6.45) is 0.175. The first-order chi connectivity index (χ1) is 12.4. The molecule has 1 aromatic carbocycles. The van der Waals surface area contributed by atoms with Crippen LogP contribution in [0.1, 0.15) is 12.1 Å². The first kappa shape index (κ1) is 19.4. The van der Waals surface area contributed by atoms with Crippen LogP contribution in [0.3, 0.4) is 0 Å². The Morgan fingerprint density at radius 2 is 2.00 bits per heavy atom. The molecule has 2 rings (SSSR count). The van der Waals surface area contributed by atoms with Gasteiger partial charge in [-0.1, -0.05) is 11.6 Å². The highest BCUT2D eigenvalue weighted by molar-refractivity contribution is 6.31. The number of urea groups is 1. The van der Waals surface area contributed by atoms with Crippen LogP contribution in [0.5, 0.6) is 0 Å². The van der Waals surface area contributed by atoms with Crippen LogP contribution in [-0.4, -0.2) is 35.6 Å². The van der Waals surface area contributed by atoms with Gasteiger partial charge in [0.2, 0.25) is 5.95 Å². The summed E-state index contributed by atoms with van der Waals surface area (Å²) in [4.78, 5) is 31.4. The minimum Gasteiger partial charge on any atom is -0.469 e. The fraction of sp³-hybridized carbons (Fsp3) is 0.250. The zero-order valence-electron chi connectivity index (χ0n) is 14.1. The molecule has 2 aromatic rings. The van der Waals surface area contributed by atoms with Crippen molar-refractivity contribution in [3.8, 4) is 0 Å². The second-order valence-corrected chi connectivity index (χ2v) is 5.59. The van der Waals surface area contributed by atoms with Gasteiger partial charge in [-0.2, -0.15) is 4.98 Å². The maximum Gasteiger partial charge on any atom is 0.326 e. The van der Waals surface area contributed by atoms with E-state index < -0.39 is 11.8 Å². The second kappa shape index (κ2) is 8.95. The van der Waals surface area contributed by atoms with Crippen molar-refractivity contribution >= 4 is 41.1 Å². The lowest BCUT2D eigenvalue weighted by Crippen LogP contribution is -2.21. The summed E-state index contributed by atoms with van der Waals surface area (Å²) >= 11 is 5.67. The largest absolute Gasteiger partial charge is 0.469 e. The Kier molecular flexibility index (Phi) is 6.67. The quantitative estimate of drug-likeness (QED) is 0.663. The molecule has 26 heavy (non-hydrogen) atoms. The van der Waals surface area contributed by atoms with Crippen molar-refractivity contribution in [3.05, 3.63) is 40.8 Å². The predicted octanol–water partition coefficient (Wildman–Crippen LogP) is 3.20. The number of esters is 1. The number of carbonyl (C=O) groups excluding carboxylic acids is 2. The second-order valence-electron chi connectivity index (χ2n) is 5.18. The molecular weight excluding hydrogens is 365 g/mol. The number of aromatic nitrogens is 2. The SMILES string of the molecule is COC(=O)CCNc1cc(C)nc(NC(=O)Nc2ccc(F)c(Cl)c2)n1. The van der Waals surface area contributed by atoms with E-state index in [1.165, 1.54) is 19.2 Å². The predicted molar refractivity (Wildman–Crippen MR) is 95.9 cm³/mol. The van der Waals surface area contributed by atoms with Crippen LogP contribution >= 0.6 is 11.6 Å². The number of carbonyl (C=O) groups is 2. The standard InChI is InChI=1S/C16H17ClFN5O3/c1-9-7-13(19-6-5-14(24)26-2)22-15(20-9)23-16(25)21-10-3-4-12(18)11(17)8-10/h3-4,7-8H,5-6H2,1-2H3,(H3,19,20,21,22,23,25). The van der Waals surface area contributed by atoms with Gasteiger partial charge in [0.15, 0.2) is 0 Å². The molecule has 0 unspecified atom stereocenters. The Labute approximate surface area is 154 Å². The molecule has 0 aliphatic carbocycles. The number of rotatable bonds is 6. The topological polar surface area (TPSA) is 105 Å². The number of hydrogen-bond acceptors (Lipinski definition) is 6. The van der Waals surface area contributed by atoms with Gasteiger partial charge in [-0.15, -0.1) is 0 Å². The Morgan fingerprint density at radius 3 is 2.69 bits per heavy atom. The van der Waals surface area contributed by atoms with Crippen molar-refractivity contribution in [3.63, 3.8) is 0 Å². The lowest BCUT2D eigenvalue weighted by atomic mass is 10.3. The third kappa shape index (κ3) is 5.85. The monoisotopic (exact) mass is 381 g/mol. The fourth-order valence-electron chi connectivity index (χ4n) is 1.95. The van der Waals surface area contributed by atoms with Crippen molar-refractivity contribution < 1.29 is 18.7 Å². The van der Waals surface area contributed by atoms with Gasteiger partial charge in [0.05, 0.1) is 18.6 Å². The summed E-state index contributed by atoms with van der Waals surface area (Å²) in [6.45, 7) is 2.05. The number of anilines is 3. The molecule has 0 atom stereocenters. The number of ether oxygens (including phenoxy) is 1. The highest BCUT2D eigenvalue weighted by Crippen LogP contribution is 2.19. The van der Waals surface area contributed by atoms with Gasteiger partial charge in [-0.25, -0.2) is 14.2 Å². The Hall–Kier alpha value is -2.94. The van der Waals surface area contributed by atoms with Crippen LogP contribution < -0.4 is 16.0 Å². The highest BCUT2D eigenvalue weighted by Gasteiger charge is 2.09. The molecule has 0 spiro atoms. The molecule has 0 saturated carbocycles. The van der Waals surface area contributed by atoms with E-state index >= 15 is 0 Å². The summed E-state index contributed by atoms with van der Waals surface area (Å²) < 4.78 is 17.7. The Morgan fingerprint density at radius 1 is 1.23 bits per heavy atom. The summed E-state index contributed by atoms with van der Waals surface area (Å²) in [7, 11) is 1.31. The van der Waals surface area contributed by atoms with Crippen molar-refractivity contribution in [1.82, 2.24) is 9.97 Å².